The van der Waals surface area contributed by atoms with Crippen LogP contribution in [0, 0.1) is 0 Å². The van der Waals surface area contributed by atoms with Crippen molar-refractivity contribution >= 4 is 17.7 Å². The Morgan fingerprint density at radius 1 is 1.37 bits per heavy atom. The van der Waals surface area contributed by atoms with E-state index in [0.717, 1.165) is 24.1 Å². The molecule has 1 aromatic carbocycles. The van der Waals surface area contributed by atoms with Crippen molar-refractivity contribution in [2.24, 2.45) is 0 Å². The average Bonchev–Trinajstić information content (AvgIpc) is 2.86. The molecule has 0 unspecified atom stereocenters. The van der Waals surface area contributed by atoms with E-state index in [-0.39, 0.29) is 5.75 Å². The number of thioether (sulfide) groups is 1. The van der Waals surface area contributed by atoms with Crippen LogP contribution in [0.3, 0.4) is 0 Å². The van der Waals surface area contributed by atoms with Crippen LogP contribution in [0.15, 0.2) is 35.6 Å². The molecular weight excluding hydrogens is 260 g/mol. The first-order chi connectivity index (χ1) is 9.19. The summed E-state index contributed by atoms with van der Waals surface area (Å²) in [7, 11) is 0. The van der Waals surface area contributed by atoms with E-state index in [1.54, 1.807) is 6.20 Å². The molecule has 0 aliphatic heterocycles. The first-order valence-corrected chi connectivity index (χ1v) is 7.16. The Morgan fingerprint density at radius 2 is 2.11 bits per heavy atom. The van der Waals surface area contributed by atoms with Crippen molar-refractivity contribution in [3.05, 3.63) is 36.0 Å². The number of carboxylic acids is 1. The minimum atomic E-state index is -0.841. The molecule has 0 bridgehead atoms. The van der Waals surface area contributed by atoms with Gasteiger partial charge in [0.15, 0.2) is 5.16 Å². The molecule has 0 aliphatic carbocycles. The number of nitrogens with one attached hydrogen (secondary N) is 1. The van der Waals surface area contributed by atoms with Gasteiger partial charge in [-0.15, -0.1) is 0 Å². The van der Waals surface area contributed by atoms with Gasteiger partial charge < -0.3 is 10.1 Å². The Kier molecular flexibility index (Phi) is 4.63. The maximum atomic E-state index is 10.5. The number of aryl methyl sites for hydroxylation is 1. The summed E-state index contributed by atoms with van der Waals surface area (Å²) in [5.74, 6) is -0.825. The molecule has 0 fully saturated rings. The van der Waals surface area contributed by atoms with E-state index in [2.05, 4.69) is 41.2 Å². The number of aliphatic carboxylic acids is 1. The molecule has 0 spiro atoms. The summed E-state index contributed by atoms with van der Waals surface area (Å²) in [6.07, 6.45) is 3.96. The predicted molar refractivity (Wildman–Crippen MR) is 76.4 cm³/mol. The zero-order valence-corrected chi connectivity index (χ0v) is 11.5. The van der Waals surface area contributed by atoms with Crippen molar-refractivity contribution < 1.29 is 9.90 Å². The summed E-state index contributed by atoms with van der Waals surface area (Å²) in [5, 5.41) is 9.25. The van der Waals surface area contributed by atoms with E-state index in [0.29, 0.717) is 5.16 Å². The van der Waals surface area contributed by atoms with Crippen molar-refractivity contribution in [2.45, 2.75) is 24.9 Å². The lowest BCUT2D eigenvalue weighted by Crippen LogP contribution is -1.97. The van der Waals surface area contributed by atoms with Gasteiger partial charge in [-0.3, -0.25) is 4.79 Å². The zero-order chi connectivity index (χ0) is 13.7. The van der Waals surface area contributed by atoms with Gasteiger partial charge in [-0.2, -0.15) is 0 Å². The fraction of sp³-hybridized carbons (Fsp3) is 0.286. The smallest absolute Gasteiger partial charge is 0.313 e. The van der Waals surface area contributed by atoms with Gasteiger partial charge in [-0.1, -0.05) is 49.4 Å². The number of carboxylic acid groups (broad SMARTS) is 1. The van der Waals surface area contributed by atoms with E-state index < -0.39 is 5.97 Å². The van der Waals surface area contributed by atoms with Crippen molar-refractivity contribution in [2.75, 3.05) is 5.75 Å². The Balaban J connectivity index is 2.07. The second-order valence-corrected chi connectivity index (χ2v) is 5.20. The summed E-state index contributed by atoms with van der Waals surface area (Å²) >= 11 is 1.19. The normalized spacial score (nSPS) is 10.6. The Labute approximate surface area is 116 Å². The average molecular weight is 276 g/mol. The number of nitrogens with zero attached hydrogens (tertiary/aromatic N) is 1. The largest absolute Gasteiger partial charge is 0.481 e. The minimum absolute atomic E-state index is 0.0163. The highest BCUT2D eigenvalue weighted by Gasteiger charge is 2.06. The number of aromatic nitrogens is 2. The highest BCUT2D eigenvalue weighted by atomic mass is 32.2. The highest BCUT2D eigenvalue weighted by molar-refractivity contribution is 7.99. The molecule has 1 aromatic heterocycles. The van der Waals surface area contributed by atoms with E-state index in [1.807, 2.05) is 0 Å². The topological polar surface area (TPSA) is 66.0 Å². The van der Waals surface area contributed by atoms with E-state index in [4.69, 9.17) is 5.11 Å². The van der Waals surface area contributed by atoms with Crippen LogP contribution < -0.4 is 0 Å². The molecule has 1 heterocycles. The van der Waals surface area contributed by atoms with Gasteiger partial charge in [0.05, 0.1) is 17.6 Å². The van der Waals surface area contributed by atoms with Crippen LogP contribution in [0.5, 0.6) is 0 Å². The summed E-state index contributed by atoms with van der Waals surface area (Å²) in [6.45, 7) is 2.16. The molecule has 2 rings (SSSR count). The van der Waals surface area contributed by atoms with Crippen molar-refractivity contribution in [3.8, 4) is 11.3 Å². The number of imidazole rings is 1. The zero-order valence-electron chi connectivity index (χ0n) is 10.7. The molecule has 5 heteroatoms. The van der Waals surface area contributed by atoms with E-state index in [9.17, 15) is 4.79 Å². The number of H-pyrrole nitrogens is 1. The summed E-state index contributed by atoms with van der Waals surface area (Å²) in [5.41, 5.74) is 3.30. The molecule has 0 amide bonds. The molecule has 19 heavy (non-hydrogen) atoms. The lowest BCUT2D eigenvalue weighted by Gasteiger charge is -2.01. The van der Waals surface area contributed by atoms with Crippen LogP contribution in [0.2, 0.25) is 0 Å². The molecule has 0 saturated heterocycles. The molecule has 100 valence electrons. The van der Waals surface area contributed by atoms with Crippen molar-refractivity contribution in [1.82, 2.24) is 9.97 Å². The lowest BCUT2D eigenvalue weighted by atomic mass is 10.1. The first-order valence-electron chi connectivity index (χ1n) is 6.18. The van der Waals surface area contributed by atoms with Crippen LogP contribution in [0.4, 0.5) is 0 Å². The number of hydrogen-bond donors (Lipinski definition) is 2. The number of benzene rings is 1. The fourth-order valence-electron chi connectivity index (χ4n) is 1.79. The third kappa shape index (κ3) is 3.86. The van der Waals surface area contributed by atoms with Gasteiger partial charge in [0, 0.05) is 0 Å². The molecule has 0 atom stereocenters. The van der Waals surface area contributed by atoms with Gasteiger partial charge in [0.25, 0.3) is 0 Å². The SMILES string of the molecule is CCCc1ccc(-c2cnc(SCC(=O)O)[nH]2)cc1. The standard InChI is InChI=1S/C14H16N2O2S/c1-2-3-10-4-6-11(7-5-10)12-8-15-14(16-12)19-9-13(17)18/h4-8H,2-3,9H2,1H3,(H,15,16)(H,17,18). The van der Waals surface area contributed by atoms with Crippen LogP contribution in [-0.4, -0.2) is 26.8 Å². The molecular formula is C14H16N2O2S. The summed E-state index contributed by atoms with van der Waals surface area (Å²) in [4.78, 5) is 17.8. The molecule has 0 saturated carbocycles. The van der Waals surface area contributed by atoms with Gasteiger partial charge in [-0.25, -0.2) is 4.98 Å². The van der Waals surface area contributed by atoms with Crippen LogP contribution in [0.25, 0.3) is 11.3 Å². The number of hydrogen-bond acceptors (Lipinski definition) is 3. The van der Waals surface area contributed by atoms with Gasteiger partial charge in [0.1, 0.15) is 0 Å². The lowest BCUT2D eigenvalue weighted by molar-refractivity contribution is -0.133. The summed E-state index contributed by atoms with van der Waals surface area (Å²) in [6, 6.07) is 8.35. The maximum absolute atomic E-state index is 10.5. The second kappa shape index (κ2) is 6.43. The third-order valence-corrected chi connectivity index (χ3v) is 3.56. The van der Waals surface area contributed by atoms with Gasteiger partial charge in [0.2, 0.25) is 0 Å². The Morgan fingerprint density at radius 3 is 2.74 bits per heavy atom. The molecule has 0 radical (unpaired) electrons. The molecule has 0 aliphatic rings. The van der Waals surface area contributed by atoms with Gasteiger partial charge in [-0.05, 0) is 17.5 Å². The third-order valence-electron chi connectivity index (χ3n) is 2.69. The Hall–Kier alpha value is -1.75. The molecule has 4 nitrogen and oxygen atoms in total. The van der Waals surface area contributed by atoms with Crippen molar-refractivity contribution in [1.29, 1.82) is 0 Å². The van der Waals surface area contributed by atoms with E-state index >= 15 is 0 Å². The first kappa shape index (κ1) is 13.7. The van der Waals surface area contributed by atoms with Crippen LogP contribution >= 0.6 is 11.8 Å². The maximum Gasteiger partial charge on any atom is 0.313 e. The predicted octanol–water partition coefficient (Wildman–Crippen LogP) is 3.21. The van der Waals surface area contributed by atoms with Crippen LogP contribution in [-0.2, 0) is 11.2 Å². The number of aromatic amines is 1. The second-order valence-electron chi connectivity index (χ2n) is 4.23. The fourth-order valence-corrected chi connectivity index (χ4v) is 2.36. The number of carbonyl (C=O) groups is 1. The monoisotopic (exact) mass is 276 g/mol. The molecule has 2 N–H and O–H groups in total. The summed E-state index contributed by atoms with van der Waals surface area (Å²) < 4.78 is 0. The quantitative estimate of drug-likeness (QED) is 0.795. The Bertz CT molecular complexity index is 549. The van der Waals surface area contributed by atoms with Crippen LogP contribution in [0.1, 0.15) is 18.9 Å². The van der Waals surface area contributed by atoms with Crippen molar-refractivity contribution in [3.63, 3.8) is 0 Å². The number of rotatable bonds is 6. The highest BCUT2D eigenvalue weighted by Crippen LogP contribution is 2.22. The van der Waals surface area contributed by atoms with E-state index in [1.165, 1.54) is 17.3 Å². The van der Waals surface area contributed by atoms with Gasteiger partial charge >= 0.3 is 5.97 Å². The minimum Gasteiger partial charge on any atom is -0.481 e. The molecule has 2 aromatic rings.